The number of carbonyl (C=O) groups is 1. The third-order valence-corrected chi connectivity index (χ3v) is 6.57. The minimum absolute atomic E-state index is 0.0237. The Labute approximate surface area is 207 Å². The van der Waals surface area contributed by atoms with Crippen molar-refractivity contribution < 1.29 is 23.4 Å². The molecule has 2 aromatic heterocycles. The number of nitrogens with two attached hydrogens (primary N) is 1. The van der Waals surface area contributed by atoms with Crippen LogP contribution in [-0.4, -0.2) is 66.3 Å². The predicted molar refractivity (Wildman–Crippen MR) is 132 cm³/mol. The SMILES string of the molecule is [B]=Cc1ccc2c(c1F)-c1nc(ccc1F)C(=O)Nc1cnccc1N1CC(N)C(O)C(CCO2)C1. The second-order valence-corrected chi connectivity index (χ2v) is 8.84. The molecule has 3 unspecified atom stereocenters. The van der Waals surface area contributed by atoms with Crippen LogP contribution >= 0.6 is 0 Å². The Bertz CT molecular complexity index is 1340. The van der Waals surface area contributed by atoms with Gasteiger partial charge in [-0.15, -0.1) is 0 Å². The summed E-state index contributed by atoms with van der Waals surface area (Å²) in [6.45, 7) is 0.896. The van der Waals surface area contributed by atoms with Crippen molar-refractivity contribution in [2.75, 3.05) is 29.9 Å². The molecule has 2 aliphatic rings. The van der Waals surface area contributed by atoms with Crippen LogP contribution in [0.15, 0.2) is 42.7 Å². The van der Waals surface area contributed by atoms with Gasteiger partial charge in [-0.1, -0.05) is 0 Å². The van der Waals surface area contributed by atoms with Gasteiger partial charge in [-0.05, 0) is 0 Å². The van der Waals surface area contributed by atoms with Crippen LogP contribution in [-0.2, 0) is 0 Å². The Morgan fingerprint density at radius 2 is 2.06 bits per heavy atom. The maximum atomic E-state index is 15.4. The average Bonchev–Trinajstić information content (AvgIpc) is 2.87. The van der Waals surface area contributed by atoms with Gasteiger partial charge in [-0.2, -0.15) is 0 Å². The summed E-state index contributed by atoms with van der Waals surface area (Å²) in [4.78, 5) is 23.4. The standard InChI is InChI=1S/C25H23BF2N5O3/c26-9-13-1-4-20-21(22(13)28)23-15(27)2-3-17(31-23)25(35)32-18-10-30-7-5-19(18)33-11-14(6-8-36-20)24(34)16(29)12-33/h1-5,7,9-10,14,16,24,34H,6,8,11-12,29H2,(H,32,35). The number of halogens is 2. The fraction of sp³-hybridized carbons (Fsp3) is 0.280. The molecular formula is C25H23BF2N5O3. The van der Waals surface area contributed by atoms with E-state index in [1.54, 1.807) is 12.3 Å². The number of nitrogens with zero attached hydrogens (tertiary/aromatic N) is 3. The van der Waals surface area contributed by atoms with Crippen molar-refractivity contribution >= 4 is 30.7 Å². The number of aliphatic hydroxyl groups excluding tert-OH is 1. The van der Waals surface area contributed by atoms with E-state index in [9.17, 15) is 14.3 Å². The van der Waals surface area contributed by atoms with Crippen molar-refractivity contribution in [2.45, 2.75) is 18.6 Å². The van der Waals surface area contributed by atoms with E-state index >= 15 is 4.39 Å². The van der Waals surface area contributed by atoms with E-state index in [0.29, 0.717) is 30.9 Å². The number of ether oxygens (including phenoxy) is 1. The molecular weight excluding hydrogens is 467 g/mol. The molecule has 0 saturated carbocycles. The first-order chi connectivity index (χ1) is 17.4. The van der Waals surface area contributed by atoms with Crippen LogP contribution in [0.1, 0.15) is 22.5 Å². The first kappa shape index (κ1) is 24.0. The number of carbonyl (C=O) groups excluding carboxylic acids is 1. The molecule has 1 amide bonds. The van der Waals surface area contributed by atoms with Crippen molar-refractivity contribution in [3.05, 3.63) is 65.6 Å². The van der Waals surface area contributed by atoms with E-state index in [1.807, 2.05) is 4.90 Å². The number of anilines is 2. The Hall–Kier alpha value is -3.70. The van der Waals surface area contributed by atoms with Gasteiger partial charge in [0.25, 0.3) is 0 Å². The molecule has 4 heterocycles. The molecule has 0 spiro atoms. The summed E-state index contributed by atoms with van der Waals surface area (Å²) in [6.07, 6.45) is 2.68. The molecule has 4 N–H and O–H groups in total. The van der Waals surface area contributed by atoms with Crippen LogP contribution < -0.4 is 20.7 Å². The van der Waals surface area contributed by atoms with Crippen LogP contribution in [0, 0.1) is 17.6 Å². The van der Waals surface area contributed by atoms with E-state index < -0.39 is 29.7 Å². The molecule has 2 aliphatic heterocycles. The second-order valence-electron chi connectivity index (χ2n) is 8.84. The first-order valence-electron chi connectivity index (χ1n) is 11.5. The molecule has 1 radical (unpaired) electrons. The fourth-order valence-electron chi connectivity index (χ4n) is 4.69. The first-order valence-corrected chi connectivity index (χ1v) is 11.5. The summed E-state index contributed by atoms with van der Waals surface area (Å²) in [5, 5.41) is 13.5. The van der Waals surface area contributed by atoms with Crippen LogP contribution in [0.25, 0.3) is 11.3 Å². The molecule has 183 valence electrons. The summed E-state index contributed by atoms with van der Waals surface area (Å²) in [7, 11) is 5.54. The molecule has 4 bridgehead atoms. The number of nitrogens with one attached hydrogen (secondary N) is 1. The molecule has 36 heavy (non-hydrogen) atoms. The molecule has 5 rings (SSSR count). The quantitative estimate of drug-likeness (QED) is 0.447. The zero-order valence-corrected chi connectivity index (χ0v) is 19.2. The monoisotopic (exact) mass is 490 g/mol. The molecule has 8 nitrogen and oxygen atoms in total. The second kappa shape index (κ2) is 9.75. The Morgan fingerprint density at radius 3 is 2.86 bits per heavy atom. The third kappa shape index (κ3) is 4.35. The third-order valence-electron chi connectivity index (χ3n) is 6.57. The molecule has 11 heteroatoms. The van der Waals surface area contributed by atoms with Gasteiger partial charge < -0.3 is 0 Å². The van der Waals surface area contributed by atoms with Gasteiger partial charge in [-0.25, -0.2) is 0 Å². The molecule has 3 atom stereocenters. The van der Waals surface area contributed by atoms with E-state index in [-0.39, 0.29) is 40.8 Å². The Morgan fingerprint density at radius 1 is 1.22 bits per heavy atom. The minimum atomic E-state index is -0.834. The summed E-state index contributed by atoms with van der Waals surface area (Å²) in [6, 6.07) is 6.34. The number of piperidine rings is 1. The zero-order chi connectivity index (χ0) is 25.4. The number of aliphatic hydroxyl groups is 1. The topological polar surface area (TPSA) is 114 Å². The van der Waals surface area contributed by atoms with E-state index in [4.69, 9.17) is 18.0 Å². The summed E-state index contributed by atoms with van der Waals surface area (Å²) in [5.74, 6) is -1.49. The van der Waals surface area contributed by atoms with E-state index in [0.717, 1.165) is 12.0 Å². The number of fused-ring (bicyclic) bond motifs is 8. The number of pyridine rings is 2. The number of aromatic nitrogens is 2. The van der Waals surface area contributed by atoms with E-state index in [1.165, 1.54) is 24.4 Å². The number of amides is 1. The van der Waals surface area contributed by atoms with Gasteiger partial charge in [-0.3, -0.25) is 0 Å². The number of hydrogen-bond donors (Lipinski definition) is 3. The summed E-state index contributed by atoms with van der Waals surface area (Å²) < 4.78 is 36.2. The molecule has 1 saturated heterocycles. The van der Waals surface area contributed by atoms with Gasteiger partial charge in [0, 0.05) is 6.20 Å². The van der Waals surface area contributed by atoms with Crippen molar-refractivity contribution in [3.63, 3.8) is 0 Å². The normalized spacial score (nSPS) is 21.7. The number of rotatable bonds is 1. The predicted octanol–water partition coefficient (Wildman–Crippen LogP) is 1.90. The summed E-state index contributed by atoms with van der Waals surface area (Å²) >= 11 is 0. The molecule has 3 aromatic rings. The maximum absolute atomic E-state index is 15.4. The van der Waals surface area contributed by atoms with Crippen LogP contribution in [0.4, 0.5) is 20.2 Å². The van der Waals surface area contributed by atoms with Crippen LogP contribution in [0.3, 0.4) is 0 Å². The van der Waals surface area contributed by atoms with Crippen molar-refractivity contribution in [3.8, 4) is 17.0 Å². The van der Waals surface area contributed by atoms with Crippen LogP contribution in [0.5, 0.6) is 5.75 Å². The van der Waals surface area contributed by atoms with Crippen LogP contribution in [0.2, 0.25) is 0 Å². The van der Waals surface area contributed by atoms with Crippen molar-refractivity contribution in [2.24, 2.45) is 11.7 Å². The Kier molecular flexibility index (Phi) is 6.50. The summed E-state index contributed by atoms with van der Waals surface area (Å²) in [5.41, 5.74) is 6.58. The van der Waals surface area contributed by atoms with Gasteiger partial charge >= 0.3 is 201 Å². The van der Waals surface area contributed by atoms with E-state index in [2.05, 4.69) is 15.3 Å². The number of benzene rings is 1. The zero-order valence-electron chi connectivity index (χ0n) is 19.2. The van der Waals surface area contributed by atoms with Crippen molar-refractivity contribution in [1.82, 2.24) is 9.97 Å². The van der Waals surface area contributed by atoms with Gasteiger partial charge in [0.15, 0.2) is 0 Å². The molecule has 0 aliphatic carbocycles. The number of hydrogen-bond acceptors (Lipinski definition) is 7. The van der Waals surface area contributed by atoms with Gasteiger partial charge in [0.05, 0.1) is 0 Å². The van der Waals surface area contributed by atoms with Crippen molar-refractivity contribution in [1.29, 1.82) is 0 Å². The molecule has 1 fully saturated rings. The van der Waals surface area contributed by atoms with Gasteiger partial charge in [0.2, 0.25) is 0 Å². The Balaban J connectivity index is 1.66. The fourth-order valence-corrected chi connectivity index (χ4v) is 4.69. The average molecular weight is 490 g/mol. The van der Waals surface area contributed by atoms with Gasteiger partial charge in [0.1, 0.15) is 0 Å². The molecule has 1 aromatic carbocycles.